The van der Waals surface area contributed by atoms with Crippen molar-refractivity contribution in [2.75, 3.05) is 13.2 Å². The first-order chi connectivity index (χ1) is 9.76. The van der Waals surface area contributed by atoms with Gasteiger partial charge in [-0.1, -0.05) is 6.07 Å². The van der Waals surface area contributed by atoms with E-state index in [-0.39, 0.29) is 12.4 Å². The molecule has 2 aromatic rings. The molecule has 1 aromatic carbocycles. The lowest BCUT2D eigenvalue weighted by atomic mass is 10.0. The van der Waals surface area contributed by atoms with E-state index in [9.17, 15) is 0 Å². The highest BCUT2D eigenvalue weighted by Gasteiger charge is 2.22. The molecule has 0 saturated heterocycles. The molecule has 1 fully saturated rings. The first-order valence-electron chi connectivity index (χ1n) is 7.22. The van der Waals surface area contributed by atoms with Gasteiger partial charge in [0.1, 0.15) is 5.75 Å². The van der Waals surface area contributed by atoms with E-state index in [4.69, 9.17) is 10.5 Å². The molecular formula is C16H22ClN3O. The average molecular weight is 308 g/mol. The summed E-state index contributed by atoms with van der Waals surface area (Å²) in [6.45, 7) is 4.30. The minimum Gasteiger partial charge on any atom is -0.493 e. The number of aromatic nitrogens is 2. The molecule has 1 aliphatic carbocycles. The smallest absolute Gasteiger partial charge is 0.119 e. The minimum absolute atomic E-state index is 0. The lowest BCUT2D eigenvalue weighted by Crippen LogP contribution is -2.09. The predicted octanol–water partition coefficient (Wildman–Crippen LogP) is 3.03. The molecule has 114 valence electrons. The molecule has 5 heteroatoms. The Balaban J connectivity index is 0.00000161. The molecular weight excluding hydrogens is 286 g/mol. The van der Waals surface area contributed by atoms with Crippen molar-refractivity contribution >= 4 is 12.4 Å². The van der Waals surface area contributed by atoms with E-state index in [1.54, 1.807) is 0 Å². The number of benzene rings is 1. The lowest BCUT2D eigenvalue weighted by Gasteiger charge is -2.09. The van der Waals surface area contributed by atoms with Crippen LogP contribution in [0, 0.1) is 12.8 Å². The van der Waals surface area contributed by atoms with Gasteiger partial charge in [0.2, 0.25) is 0 Å². The number of hydrogen-bond donors (Lipinski definition) is 1. The van der Waals surface area contributed by atoms with Crippen LogP contribution in [-0.4, -0.2) is 22.9 Å². The Kier molecular flexibility index (Phi) is 5.26. The fraction of sp³-hybridized carbons (Fsp3) is 0.438. The van der Waals surface area contributed by atoms with E-state index in [0.717, 1.165) is 30.4 Å². The maximum absolute atomic E-state index is 5.85. The largest absolute Gasteiger partial charge is 0.493 e. The van der Waals surface area contributed by atoms with Crippen LogP contribution < -0.4 is 10.5 Å². The molecule has 0 aliphatic heterocycles. The van der Waals surface area contributed by atoms with Gasteiger partial charge < -0.3 is 10.5 Å². The van der Waals surface area contributed by atoms with E-state index in [1.165, 1.54) is 24.0 Å². The van der Waals surface area contributed by atoms with Crippen LogP contribution in [0.15, 0.2) is 30.6 Å². The zero-order valence-corrected chi connectivity index (χ0v) is 13.1. The Morgan fingerprint density at radius 1 is 1.38 bits per heavy atom. The molecule has 0 amide bonds. The van der Waals surface area contributed by atoms with Gasteiger partial charge in [-0.15, -0.1) is 12.4 Å². The van der Waals surface area contributed by atoms with Crippen molar-refractivity contribution in [3.63, 3.8) is 0 Å². The molecule has 3 rings (SSSR count). The van der Waals surface area contributed by atoms with Gasteiger partial charge in [0.25, 0.3) is 0 Å². The topological polar surface area (TPSA) is 53.1 Å². The Bertz CT molecular complexity index is 593. The summed E-state index contributed by atoms with van der Waals surface area (Å²) in [5.41, 5.74) is 9.09. The summed E-state index contributed by atoms with van der Waals surface area (Å²) in [6, 6.07) is 6.27. The molecule has 1 saturated carbocycles. The van der Waals surface area contributed by atoms with Crippen LogP contribution in [0.4, 0.5) is 0 Å². The molecule has 2 N–H and O–H groups in total. The van der Waals surface area contributed by atoms with Gasteiger partial charge in [0, 0.05) is 18.3 Å². The van der Waals surface area contributed by atoms with Gasteiger partial charge in [-0.25, -0.2) is 0 Å². The number of aryl methyl sites for hydroxylation is 1. The van der Waals surface area contributed by atoms with Gasteiger partial charge in [-0.3, -0.25) is 4.68 Å². The first-order valence-corrected chi connectivity index (χ1v) is 7.22. The highest BCUT2D eigenvalue weighted by molar-refractivity contribution is 5.85. The summed E-state index contributed by atoms with van der Waals surface area (Å²) in [4.78, 5) is 0. The minimum atomic E-state index is 0. The number of hydrogen-bond acceptors (Lipinski definition) is 3. The summed E-state index contributed by atoms with van der Waals surface area (Å²) in [7, 11) is 0. The molecule has 21 heavy (non-hydrogen) atoms. The number of nitrogens with two attached hydrogens (primary N) is 1. The maximum Gasteiger partial charge on any atom is 0.119 e. The molecule has 1 aliphatic rings. The summed E-state index contributed by atoms with van der Waals surface area (Å²) in [6.07, 6.45) is 6.55. The van der Waals surface area contributed by atoms with Gasteiger partial charge in [0.05, 0.1) is 19.3 Å². The van der Waals surface area contributed by atoms with Crippen molar-refractivity contribution in [1.29, 1.82) is 0 Å². The van der Waals surface area contributed by atoms with Gasteiger partial charge in [-0.2, -0.15) is 5.10 Å². The standard InChI is InChI=1S/C16H21N3O.ClH/c1-12-2-5-15(20-11-13-3-4-13)8-16(12)14-9-18-19(10-14)7-6-17;/h2,5,8-10,13H,3-4,6-7,11,17H2,1H3;1H. The van der Waals surface area contributed by atoms with Crippen LogP contribution in [0.25, 0.3) is 11.1 Å². The lowest BCUT2D eigenvalue weighted by molar-refractivity contribution is 0.300. The quantitative estimate of drug-likeness (QED) is 0.892. The van der Waals surface area contributed by atoms with Crippen molar-refractivity contribution in [3.05, 3.63) is 36.2 Å². The summed E-state index contributed by atoms with van der Waals surface area (Å²) >= 11 is 0. The average Bonchev–Trinajstić information content (AvgIpc) is 3.17. The fourth-order valence-corrected chi connectivity index (χ4v) is 2.26. The normalized spacial score (nSPS) is 13.8. The third-order valence-electron chi connectivity index (χ3n) is 3.69. The summed E-state index contributed by atoms with van der Waals surface area (Å²) < 4.78 is 7.74. The molecule has 4 nitrogen and oxygen atoms in total. The molecule has 0 unspecified atom stereocenters. The second-order valence-electron chi connectivity index (χ2n) is 5.51. The van der Waals surface area contributed by atoms with E-state index < -0.39 is 0 Å². The Labute approximate surface area is 131 Å². The molecule has 1 aromatic heterocycles. The van der Waals surface area contributed by atoms with Gasteiger partial charge in [-0.05, 0) is 48.9 Å². The van der Waals surface area contributed by atoms with Crippen molar-refractivity contribution in [2.45, 2.75) is 26.3 Å². The maximum atomic E-state index is 5.85. The van der Waals surface area contributed by atoms with Crippen molar-refractivity contribution < 1.29 is 4.74 Å². The highest BCUT2D eigenvalue weighted by atomic mass is 35.5. The second-order valence-corrected chi connectivity index (χ2v) is 5.51. The van der Waals surface area contributed by atoms with Crippen molar-refractivity contribution in [2.24, 2.45) is 11.7 Å². The summed E-state index contributed by atoms with van der Waals surface area (Å²) in [5.74, 6) is 1.72. The zero-order chi connectivity index (χ0) is 13.9. The van der Waals surface area contributed by atoms with E-state index >= 15 is 0 Å². The van der Waals surface area contributed by atoms with Crippen LogP contribution in [-0.2, 0) is 6.54 Å². The van der Waals surface area contributed by atoms with Crippen molar-refractivity contribution in [3.8, 4) is 16.9 Å². The van der Waals surface area contributed by atoms with Crippen LogP contribution in [0.3, 0.4) is 0 Å². The van der Waals surface area contributed by atoms with E-state index in [2.05, 4.69) is 24.2 Å². The van der Waals surface area contributed by atoms with Crippen LogP contribution in [0.5, 0.6) is 5.75 Å². The fourth-order valence-electron chi connectivity index (χ4n) is 2.26. The Morgan fingerprint density at radius 2 is 2.19 bits per heavy atom. The Hall–Kier alpha value is -1.52. The predicted molar refractivity (Wildman–Crippen MR) is 86.9 cm³/mol. The molecule has 0 atom stereocenters. The number of halogens is 1. The van der Waals surface area contributed by atoms with Crippen molar-refractivity contribution in [1.82, 2.24) is 9.78 Å². The van der Waals surface area contributed by atoms with Gasteiger partial charge in [0.15, 0.2) is 0 Å². The third kappa shape index (κ3) is 3.99. The molecule has 1 heterocycles. The zero-order valence-electron chi connectivity index (χ0n) is 12.3. The summed E-state index contributed by atoms with van der Waals surface area (Å²) in [5, 5.41) is 4.33. The molecule has 0 bridgehead atoms. The third-order valence-corrected chi connectivity index (χ3v) is 3.69. The van der Waals surface area contributed by atoms with Crippen LogP contribution >= 0.6 is 12.4 Å². The van der Waals surface area contributed by atoms with E-state index in [1.807, 2.05) is 23.1 Å². The molecule has 0 radical (unpaired) electrons. The second kappa shape index (κ2) is 6.96. The molecule has 0 spiro atoms. The first kappa shape index (κ1) is 15.9. The number of ether oxygens (including phenoxy) is 1. The SMILES string of the molecule is Cc1ccc(OCC2CC2)cc1-c1cnn(CCN)c1.Cl. The number of rotatable bonds is 6. The monoisotopic (exact) mass is 307 g/mol. The number of nitrogens with zero attached hydrogens (tertiary/aromatic N) is 2. The van der Waals surface area contributed by atoms with E-state index in [0.29, 0.717) is 6.54 Å². The van der Waals surface area contributed by atoms with Crippen LogP contribution in [0.1, 0.15) is 18.4 Å². The highest BCUT2D eigenvalue weighted by Crippen LogP contribution is 2.31. The Morgan fingerprint density at radius 3 is 2.90 bits per heavy atom. The van der Waals surface area contributed by atoms with Crippen LogP contribution in [0.2, 0.25) is 0 Å². The van der Waals surface area contributed by atoms with Gasteiger partial charge >= 0.3 is 0 Å².